The van der Waals surface area contributed by atoms with Crippen LogP contribution >= 0.6 is 0 Å². The van der Waals surface area contributed by atoms with Gasteiger partial charge in [0.05, 0.1) is 5.41 Å². The summed E-state index contributed by atoms with van der Waals surface area (Å²) in [7, 11) is 4.09. The Labute approximate surface area is 249 Å². The lowest BCUT2D eigenvalue weighted by atomic mass is 9.87. The zero-order chi connectivity index (χ0) is 29.9. The first kappa shape index (κ1) is 38.9. The Hall–Kier alpha value is -1.10. The molecule has 0 heterocycles. The van der Waals surface area contributed by atoms with E-state index in [9.17, 15) is 9.59 Å². The molecule has 5 heteroatoms. The molecule has 0 N–H and O–H groups in total. The minimum absolute atomic E-state index is 0.162. The monoisotopic (exact) mass is 568 g/mol. The van der Waals surface area contributed by atoms with Crippen molar-refractivity contribution in [1.82, 2.24) is 4.90 Å². The van der Waals surface area contributed by atoms with Crippen LogP contribution < -0.4 is 0 Å². The predicted octanol–water partition coefficient (Wildman–Crippen LogP) is 10.0. The van der Waals surface area contributed by atoms with Gasteiger partial charge in [0, 0.05) is 6.42 Å². The molecule has 0 aromatic carbocycles. The molecule has 40 heavy (non-hydrogen) atoms. The Bertz CT molecular complexity index is 590. The molecule has 0 fully saturated rings. The topological polar surface area (TPSA) is 55.8 Å². The summed E-state index contributed by atoms with van der Waals surface area (Å²) in [5.74, 6) is -0.326. The molecular weight excluding hydrogens is 498 g/mol. The molecule has 0 aromatic heterocycles. The van der Waals surface area contributed by atoms with Gasteiger partial charge in [-0.2, -0.15) is 0 Å². The maximum Gasteiger partial charge on any atom is 0.311 e. The molecule has 238 valence electrons. The number of unbranched alkanes of at least 4 members (excludes halogenated alkanes) is 17. The Morgan fingerprint density at radius 1 is 0.650 bits per heavy atom. The van der Waals surface area contributed by atoms with E-state index in [0.717, 1.165) is 51.5 Å². The van der Waals surface area contributed by atoms with Gasteiger partial charge in [-0.3, -0.25) is 9.59 Å². The van der Waals surface area contributed by atoms with Crippen molar-refractivity contribution in [3.05, 3.63) is 0 Å². The van der Waals surface area contributed by atoms with Gasteiger partial charge in [0.25, 0.3) is 0 Å². The van der Waals surface area contributed by atoms with Crippen molar-refractivity contribution in [2.75, 3.05) is 27.2 Å². The van der Waals surface area contributed by atoms with Crippen molar-refractivity contribution in [2.24, 2.45) is 5.41 Å². The second-order valence-corrected chi connectivity index (χ2v) is 13.1. The third kappa shape index (κ3) is 24.7. The number of hydrogen-bond donors (Lipinski definition) is 0. The van der Waals surface area contributed by atoms with Gasteiger partial charge in [-0.25, -0.2) is 0 Å². The Kier molecular flexibility index (Phi) is 26.0. The van der Waals surface area contributed by atoms with E-state index in [2.05, 4.69) is 18.7 Å². The van der Waals surface area contributed by atoms with Gasteiger partial charge in [0.15, 0.2) is 0 Å². The molecular formula is C35H69NO4. The molecule has 0 radical (unpaired) electrons. The molecule has 0 aliphatic carbocycles. The summed E-state index contributed by atoms with van der Waals surface area (Å²) in [5, 5.41) is 0. The molecule has 0 aliphatic rings. The van der Waals surface area contributed by atoms with Gasteiger partial charge < -0.3 is 14.4 Å². The first-order valence-corrected chi connectivity index (χ1v) is 17.2. The van der Waals surface area contributed by atoms with E-state index < -0.39 is 5.41 Å². The number of carbonyl (C=O) groups excluding carboxylic acids is 2. The molecule has 0 rings (SSSR count). The van der Waals surface area contributed by atoms with Gasteiger partial charge in [0.2, 0.25) is 0 Å². The molecule has 0 bridgehead atoms. The van der Waals surface area contributed by atoms with Crippen LogP contribution in [-0.2, 0) is 19.1 Å². The fourth-order valence-corrected chi connectivity index (χ4v) is 5.14. The summed E-state index contributed by atoms with van der Waals surface area (Å²) in [6, 6.07) is 0. The molecule has 0 aromatic rings. The maximum absolute atomic E-state index is 12.9. The maximum atomic E-state index is 12.9. The number of esters is 2. The van der Waals surface area contributed by atoms with Crippen molar-refractivity contribution in [1.29, 1.82) is 0 Å². The van der Waals surface area contributed by atoms with Crippen molar-refractivity contribution < 1.29 is 19.1 Å². The summed E-state index contributed by atoms with van der Waals surface area (Å²) in [6.07, 6.45) is 26.4. The number of ether oxygens (including phenoxy) is 2. The highest BCUT2D eigenvalue weighted by Crippen LogP contribution is 2.26. The molecule has 0 aliphatic heterocycles. The van der Waals surface area contributed by atoms with Gasteiger partial charge >= 0.3 is 11.9 Å². The quantitative estimate of drug-likeness (QED) is 0.0665. The van der Waals surface area contributed by atoms with Gasteiger partial charge in [-0.15, -0.1) is 0 Å². The minimum Gasteiger partial charge on any atom is -0.461 e. The number of hydrogen-bond acceptors (Lipinski definition) is 5. The van der Waals surface area contributed by atoms with Crippen molar-refractivity contribution in [2.45, 2.75) is 181 Å². The van der Waals surface area contributed by atoms with E-state index >= 15 is 0 Å². The highest BCUT2D eigenvalue weighted by Gasteiger charge is 2.30. The molecule has 5 nitrogen and oxygen atoms in total. The average Bonchev–Trinajstić information content (AvgIpc) is 2.91. The van der Waals surface area contributed by atoms with Crippen LogP contribution in [-0.4, -0.2) is 50.2 Å². The second kappa shape index (κ2) is 26.8. The highest BCUT2D eigenvalue weighted by atomic mass is 16.6. The molecule has 0 saturated carbocycles. The number of carbonyl (C=O) groups is 2. The smallest absolute Gasteiger partial charge is 0.311 e. The van der Waals surface area contributed by atoms with E-state index in [0.29, 0.717) is 6.42 Å². The lowest BCUT2D eigenvalue weighted by molar-refractivity contribution is -0.165. The van der Waals surface area contributed by atoms with E-state index in [1.807, 2.05) is 27.9 Å². The van der Waals surface area contributed by atoms with Crippen LogP contribution in [0.2, 0.25) is 0 Å². The molecule has 0 amide bonds. The molecule has 1 atom stereocenters. The van der Waals surface area contributed by atoms with Crippen LogP contribution in [0.5, 0.6) is 0 Å². The van der Waals surface area contributed by atoms with Gasteiger partial charge in [-0.1, -0.05) is 123 Å². The SMILES string of the molecule is CCCCCCCCCCCCCCC(COC(=O)C(C)(C)CCCCCCCC)OC(=O)CCCCN(C)C. The predicted molar refractivity (Wildman–Crippen MR) is 171 cm³/mol. The normalized spacial score (nSPS) is 12.6. The highest BCUT2D eigenvalue weighted by molar-refractivity contribution is 5.76. The largest absolute Gasteiger partial charge is 0.461 e. The lowest BCUT2D eigenvalue weighted by Gasteiger charge is -2.25. The molecule has 0 saturated heterocycles. The summed E-state index contributed by atoms with van der Waals surface area (Å²) >= 11 is 0. The van der Waals surface area contributed by atoms with Crippen LogP contribution in [0.1, 0.15) is 175 Å². The minimum atomic E-state index is -0.499. The number of rotatable bonds is 29. The Morgan fingerprint density at radius 3 is 1.62 bits per heavy atom. The second-order valence-electron chi connectivity index (χ2n) is 13.1. The zero-order valence-electron chi connectivity index (χ0n) is 27.8. The van der Waals surface area contributed by atoms with Crippen LogP contribution in [0.15, 0.2) is 0 Å². The van der Waals surface area contributed by atoms with Crippen LogP contribution in [0, 0.1) is 5.41 Å². The first-order valence-electron chi connectivity index (χ1n) is 17.2. The van der Waals surface area contributed by atoms with Crippen molar-refractivity contribution in [3.8, 4) is 0 Å². The van der Waals surface area contributed by atoms with Crippen LogP contribution in [0.3, 0.4) is 0 Å². The molecule has 1 unspecified atom stereocenters. The summed E-state index contributed by atoms with van der Waals surface area (Å²) in [4.78, 5) is 27.6. The fourth-order valence-electron chi connectivity index (χ4n) is 5.14. The van der Waals surface area contributed by atoms with Gasteiger partial charge in [-0.05, 0) is 66.6 Å². The summed E-state index contributed by atoms with van der Waals surface area (Å²) in [5.41, 5.74) is -0.499. The van der Waals surface area contributed by atoms with Crippen LogP contribution in [0.4, 0.5) is 0 Å². The first-order chi connectivity index (χ1) is 19.2. The standard InChI is InChI=1S/C35H69NO4/c1-7-9-11-13-15-16-17-18-19-20-21-23-27-32(40-33(37)28-24-26-30-36(5)6)31-39-34(38)35(3,4)29-25-22-14-12-10-8-2/h32H,7-31H2,1-6H3. The van der Waals surface area contributed by atoms with Gasteiger partial charge in [0.1, 0.15) is 12.7 Å². The fraction of sp³-hybridized carbons (Fsp3) is 0.943. The van der Waals surface area contributed by atoms with Crippen LogP contribution in [0.25, 0.3) is 0 Å². The van der Waals surface area contributed by atoms with E-state index in [-0.39, 0.29) is 24.6 Å². The Morgan fingerprint density at radius 2 is 1.12 bits per heavy atom. The van der Waals surface area contributed by atoms with Crippen molar-refractivity contribution >= 4 is 11.9 Å². The third-order valence-electron chi connectivity index (χ3n) is 8.02. The Balaban J connectivity index is 4.43. The molecule has 0 spiro atoms. The third-order valence-corrected chi connectivity index (χ3v) is 8.02. The summed E-state index contributed by atoms with van der Waals surface area (Å²) in [6.45, 7) is 9.62. The zero-order valence-corrected chi connectivity index (χ0v) is 27.8. The van der Waals surface area contributed by atoms with E-state index in [1.54, 1.807) is 0 Å². The average molecular weight is 568 g/mol. The van der Waals surface area contributed by atoms with Crippen molar-refractivity contribution in [3.63, 3.8) is 0 Å². The van der Waals surface area contributed by atoms with E-state index in [4.69, 9.17) is 9.47 Å². The number of nitrogens with zero attached hydrogens (tertiary/aromatic N) is 1. The van der Waals surface area contributed by atoms with E-state index in [1.165, 1.54) is 96.3 Å². The summed E-state index contributed by atoms with van der Waals surface area (Å²) < 4.78 is 11.6. The lowest BCUT2D eigenvalue weighted by Crippen LogP contribution is -2.31.